The molecule has 0 aromatic heterocycles. The molecule has 11 heavy (non-hydrogen) atoms. The first-order chi connectivity index (χ1) is 5.29. The number of aliphatic hydroxyl groups excluding tert-OH is 1. The van der Waals surface area contributed by atoms with Gasteiger partial charge in [-0.1, -0.05) is 24.3 Å². The number of aliphatic hydroxyl groups is 1. The lowest BCUT2D eigenvalue weighted by atomic mass is 10.1. The monoisotopic (exact) mass is 149 g/mol. The molecule has 0 radical (unpaired) electrons. The molecule has 0 bridgehead atoms. The van der Waals surface area contributed by atoms with Gasteiger partial charge in [0.1, 0.15) is 0 Å². The molecule has 0 fully saturated rings. The summed E-state index contributed by atoms with van der Waals surface area (Å²) in [4.78, 5) is 0. The van der Waals surface area contributed by atoms with Crippen molar-refractivity contribution >= 4 is 0 Å². The van der Waals surface area contributed by atoms with Gasteiger partial charge in [-0.15, -0.1) is 0 Å². The van der Waals surface area contributed by atoms with Crippen LogP contribution in [0.2, 0.25) is 0 Å². The van der Waals surface area contributed by atoms with Gasteiger partial charge in [-0.3, -0.25) is 0 Å². The molecular formula is C9H11NO. The van der Waals surface area contributed by atoms with E-state index in [1.165, 1.54) is 5.56 Å². The van der Waals surface area contributed by atoms with E-state index in [-0.39, 0.29) is 6.04 Å². The predicted octanol–water partition coefficient (Wildman–Crippen LogP) is 0.603. The van der Waals surface area contributed by atoms with E-state index in [2.05, 4.69) is 0 Å². The summed E-state index contributed by atoms with van der Waals surface area (Å²) in [7, 11) is 0. The summed E-state index contributed by atoms with van der Waals surface area (Å²) in [5.41, 5.74) is 7.87. The van der Waals surface area contributed by atoms with Crippen LogP contribution in [-0.2, 0) is 6.42 Å². The van der Waals surface area contributed by atoms with Crippen molar-refractivity contribution in [1.29, 1.82) is 0 Å². The summed E-state index contributed by atoms with van der Waals surface area (Å²) in [6.07, 6.45) is 0.350. The smallest absolute Gasteiger partial charge is 0.0946 e. The van der Waals surface area contributed by atoms with Gasteiger partial charge >= 0.3 is 0 Å². The molecule has 1 aliphatic carbocycles. The Morgan fingerprint density at radius 2 is 2.09 bits per heavy atom. The highest BCUT2D eigenvalue weighted by Gasteiger charge is 2.26. The maximum absolute atomic E-state index is 9.52. The Morgan fingerprint density at radius 1 is 1.36 bits per heavy atom. The molecule has 2 rings (SSSR count). The van der Waals surface area contributed by atoms with Crippen molar-refractivity contribution in [3.63, 3.8) is 0 Å². The van der Waals surface area contributed by atoms with Crippen LogP contribution in [0.4, 0.5) is 0 Å². The second-order valence-electron chi connectivity index (χ2n) is 3.01. The van der Waals surface area contributed by atoms with E-state index in [0.717, 1.165) is 12.0 Å². The van der Waals surface area contributed by atoms with Gasteiger partial charge in [0.15, 0.2) is 0 Å². The fourth-order valence-electron chi connectivity index (χ4n) is 1.60. The number of hydrogen-bond donors (Lipinski definition) is 2. The van der Waals surface area contributed by atoms with Gasteiger partial charge in [0.2, 0.25) is 0 Å². The molecule has 1 unspecified atom stereocenters. The molecule has 58 valence electrons. The standard InChI is InChI=1S/C9H11NO/c10-8-5-6-3-1-2-4-7(6)9(8)11/h1-4,8-9,11H,5,10H2/t8-,9?/m1/s1. The lowest BCUT2D eigenvalue weighted by Gasteiger charge is -2.07. The molecule has 1 aliphatic rings. The zero-order valence-corrected chi connectivity index (χ0v) is 6.20. The SMILES string of the molecule is N[C@@H]1Cc2ccccc2C1O. The van der Waals surface area contributed by atoms with E-state index in [1.54, 1.807) is 0 Å². The van der Waals surface area contributed by atoms with Crippen LogP contribution in [0.3, 0.4) is 0 Å². The topological polar surface area (TPSA) is 46.2 Å². The van der Waals surface area contributed by atoms with Crippen molar-refractivity contribution in [2.24, 2.45) is 5.73 Å². The van der Waals surface area contributed by atoms with Crippen molar-refractivity contribution in [1.82, 2.24) is 0 Å². The van der Waals surface area contributed by atoms with Crippen LogP contribution in [0.5, 0.6) is 0 Å². The van der Waals surface area contributed by atoms with Crippen molar-refractivity contribution in [2.45, 2.75) is 18.6 Å². The Morgan fingerprint density at radius 3 is 2.82 bits per heavy atom. The Labute approximate surface area is 65.7 Å². The largest absolute Gasteiger partial charge is 0.387 e. The van der Waals surface area contributed by atoms with E-state index < -0.39 is 6.10 Å². The first kappa shape index (κ1) is 6.83. The van der Waals surface area contributed by atoms with Crippen molar-refractivity contribution in [2.75, 3.05) is 0 Å². The molecule has 0 amide bonds. The number of fused-ring (bicyclic) bond motifs is 1. The van der Waals surface area contributed by atoms with Gasteiger partial charge in [-0.25, -0.2) is 0 Å². The van der Waals surface area contributed by atoms with Crippen molar-refractivity contribution in [3.8, 4) is 0 Å². The molecule has 2 nitrogen and oxygen atoms in total. The molecule has 2 heteroatoms. The Kier molecular flexibility index (Phi) is 1.44. The minimum absolute atomic E-state index is 0.104. The Bertz CT molecular complexity index is 272. The van der Waals surface area contributed by atoms with Gasteiger partial charge in [-0.2, -0.15) is 0 Å². The first-order valence-electron chi connectivity index (χ1n) is 3.80. The average molecular weight is 149 g/mol. The fourth-order valence-corrected chi connectivity index (χ4v) is 1.60. The van der Waals surface area contributed by atoms with Gasteiger partial charge in [0.25, 0.3) is 0 Å². The summed E-state index contributed by atoms with van der Waals surface area (Å²) in [5, 5.41) is 9.52. The highest BCUT2D eigenvalue weighted by atomic mass is 16.3. The summed E-state index contributed by atoms with van der Waals surface area (Å²) in [5.74, 6) is 0. The maximum atomic E-state index is 9.52. The minimum Gasteiger partial charge on any atom is -0.387 e. The third-order valence-corrected chi connectivity index (χ3v) is 2.23. The Hall–Kier alpha value is -0.860. The van der Waals surface area contributed by atoms with E-state index in [9.17, 15) is 5.11 Å². The van der Waals surface area contributed by atoms with Crippen LogP contribution in [0.1, 0.15) is 17.2 Å². The molecule has 0 saturated heterocycles. The zero-order chi connectivity index (χ0) is 7.84. The van der Waals surface area contributed by atoms with E-state index in [4.69, 9.17) is 5.73 Å². The van der Waals surface area contributed by atoms with Crippen molar-refractivity contribution < 1.29 is 5.11 Å². The first-order valence-corrected chi connectivity index (χ1v) is 3.80. The van der Waals surface area contributed by atoms with E-state index in [1.807, 2.05) is 24.3 Å². The summed E-state index contributed by atoms with van der Waals surface area (Å²) in [6, 6.07) is 7.76. The van der Waals surface area contributed by atoms with Gasteiger partial charge in [0.05, 0.1) is 6.10 Å². The van der Waals surface area contributed by atoms with Crippen LogP contribution in [-0.4, -0.2) is 11.1 Å². The van der Waals surface area contributed by atoms with E-state index in [0.29, 0.717) is 0 Å². The number of rotatable bonds is 0. The van der Waals surface area contributed by atoms with Crippen LogP contribution >= 0.6 is 0 Å². The minimum atomic E-state index is -0.453. The maximum Gasteiger partial charge on any atom is 0.0946 e. The second kappa shape index (κ2) is 2.32. The quantitative estimate of drug-likeness (QED) is 0.567. The lowest BCUT2D eigenvalue weighted by Crippen LogP contribution is -2.24. The second-order valence-corrected chi connectivity index (χ2v) is 3.01. The molecule has 2 atom stereocenters. The number of hydrogen-bond acceptors (Lipinski definition) is 2. The highest BCUT2D eigenvalue weighted by molar-refractivity contribution is 5.35. The molecule has 0 saturated carbocycles. The van der Waals surface area contributed by atoms with Gasteiger partial charge in [0, 0.05) is 6.04 Å². The fraction of sp³-hybridized carbons (Fsp3) is 0.333. The van der Waals surface area contributed by atoms with Crippen LogP contribution in [0, 0.1) is 0 Å². The third-order valence-electron chi connectivity index (χ3n) is 2.23. The molecule has 3 N–H and O–H groups in total. The lowest BCUT2D eigenvalue weighted by molar-refractivity contribution is 0.159. The normalized spacial score (nSPS) is 28.5. The molecule has 0 aliphatic heterocycles. The molecule has 1 aromatic carbocycles. The summed E-state index contributed by atoms with van der Waals surface area (Å²) in [6.45, 7) is 0. The van der Waals surface area contributed by atoms with E-state index >= 15 is 0 Å². The number of benzene rings is 1. The zero-order valence-electron chi connectivity index (χ0n) is 6.20. The summed E-state index contributed by atoms with van der Waals surface area (Å²) < 4.78 is 0. The Balaban J connectivity index is 2.47. The predicted molar refractivity (Wildman–Crippen MR) is 43.1 cm³/mol. The summed E-state index contributed by atoms with van der Waals surface area (Å²) >= 11 is 0. The van der Waals surface area contributed by atoms with Crippen molar-refractivity contribution in [3.05, 3.63) is 35.4 Å². The van der Waals surface area contributed by atoms with Crippen LogP contribution < -0.4 is 5.73 Å². The number of nitrogens with two attached hydrogens (primary N) is 1. The van der Waals surface area contributed by atoms with Gasteiger partial charge < -0.3 is 10.8 Å². The molecule has 1 aromatic rings. The van der Waals surface area contributed by atoms with Crippen LogP contribution in [0.15, 0.2) is 24.3 Å². The van der Waals surface area contributed by atoms with Gasteiger partial charge in [-0.05, 0) is 17.5 Å². The average Bonchev–Trinajstić information content (AvgIpc) is 2.30. The van der Waals surface area contributed by atoms with Crippen LogP contribution in [0.25, 0.3) is 0 Å². The molecule has 0 heterocycles. The third kappa shape index (κ3) is 0.951. The molecular weight excluding hydrogens is 138 g/mol. The molecule has 0 spiro atoms. The highest BCUT2D eigenvalue weighted by Crippen LogP contribution is 2.29.